The molecule has 4 aliphatic rings. The van der Waals surface area contributed by atoms with Crippen LogP contribution < -0.4 is 20.7 Å². The summed E-state index contributed by atoms with van der Waals surface area (Å²) in [7, 11) is 0. The van der Waals surface area contributed by atoms with Crippen molar-refractivity contribution in [2.75, 3.05) is 26.2 Å². The Hall–Kier alpha value is -3.63. The lowest BCUT2D eigenvalue weighted by molar-refractivity contribution is -0.143. The largest absolute Gasteiger partial charge is 0.484 e. The molecule has 11 heteroatoms. The Kier molecular flexibility index (Phi) is 10.2. The van der Waals surface area contributed by atoms with Gasteiger partial charge >= 0.3 is 0 Å². The van der Waals surface area contributed by atoms with Crippen molar-refractivity contribution in [1.82, 2.24) is 25.8 Å². The Morgan fingerprint density at radius 3 is 2.22 bits per heavy atom. The van der Waals surface area contributed by atoms with Crippen molar-refractivity contribution in [3.63, 3.8) is 0 Å². The summed E-state index contributed by atoms with van der Waals surface area (Å²) < 4.78 is 5.67. The average molecular weight is 570 g/mol. The lowest BCUT2D eigenvalue weighted by Crippen LogP contribution is -2.58. The predicted molar refractivity (Wildman–Crippen MR) is 152 cm³/mol. The molecule has 0 radical (unpaired) electrons. The van der Waals surface area contributed by atoms with Crippen LogP contribution in [-0.2, 0) is 30.4 Å². The number of hydrogen-bond donors (Lipinski definition) is 3. The van der Waals surface area contributed by atoms with Gasteiger partial charge in [0.25, 0.3) is 5.91 Å². The summed E-state index contributed by atoms with van der Waals surface area (Å²) in [6.45, 7) is 6.64. The molecule has 5 amide bonds. The second-order valence-corrected chi connectivity index (χ2v) is 11.6. The highest BCUT2D eigenvalue weighted by Gasteiger charge is 2.39. The van der Waals surface area contributed by atoms with E-state index >= 15 is 0 Å². The maximum atomic E-state index is 13.6. The molecule has 11 nitrogen and oxygen atoms in total. The number of hydrogen-bond acceptors (Lipinski definition) is 6. The number of carbonyl (C=O) groups is 5. The lowest BCUT2D eigenvalue weighted by Gasteiger charge is -2.31. The van der Waals surface area contributed by atoms with E-state index in [9.17, 15) is 24.0 Å². The van der Waals surface area contributed by atoms with E-state index in [1.165, 1.54) is 4.90 Å². The number of carbonyl (C=O) groups excluding carboxylic acids is 5. The molecule has 4 aliphatic heterocycles. The molecule has 224 valence electrons. The summed E-state index contributed by atoms with van der Waals surface area (Å²) in [6, 6.07) is 3.74. The zero-order valence-corrected chi connectivity index (χ0v) is 24.3. The van der Waals surface area contributed by atoms with Crippen LogP contribution in [0.15, 0.2) is 24.3 Å². The van der Waals surface area contributed by atoms with Gasteiger partial charge in [-0.2, -0.15) is 0 Å². The van der Waals surface area contributed by atoms with Crippen molar-refractivity contribution >= 4 is 29.5 Å². The van der Waals surface area contributed by atoms with Crippen LogP contribution in [0.25, 0.3) is 0 Å². The number of benzene rings is 1. The first kappa shape index (κ1) is 30.3. The van der Waals surface area contributed by atoms with E-state index in [2.05, 4.69) is 16.0 Å². The quantitative estimate of drug-likeness (QED) is 0.489. The predicted octanol–water partition coefficient (Wildman–Crippen LogP) is 1.15. The minimum atomic E-state index is -0.919. The van der Waals surface area contributed by atoms with Gasteiger partial charge in [-0.05, 0) is 56.2 Å². The van der Waals surface area contributed by atoms with Crippen molar-refractivity contribution in [2.45, 2.75) is 89.9 Å². The Morgan fingerprint density at radius 2 is 1.56 bits per heavy atom. The van der Waals surface area contributed by atoms with Gasteiger partial charge in [0, 0.05) is 26.1 Å². The van der Waals surface area contributed by atoms with Crippen LogP contribution in [0.4, 0.5) is 0 Å². The summed E-state index contributed by atoms with van der Waals surface area (Å²) in [5.74, 6) is -1.57. The van der Waals surface area contributed by atoms with Crippen molar-refractivity contribution in [3.8, 4) is 5.75 Å². The fraction of sp³-hybridized carbons (Fsp3) is 0.633. The molecule has 5 rings (SSSR count). The minimum Gasteiger partial charge on any atom is -0.484 e. The van der Waals surface area contributed by atoms with Gasteiger partial charge in [-0.1, -0.05) is 38.8 Å². The topological polar surface area (TPSA) is 137 Å². The summed E-state index contributed by atoms with van der Waals surface area (Å²) in [5.41, 5.74) is 0.817. The van der Waals surface area contributed by atoms with Gasteiger partial charge in [0.15, 0.2) is 6.61 Å². The Labute approximate surface area is 241 Å². The van der Waals surface area contributed by atoms with Crippen molar-refractivity contribution in [1.29, 1.82) is 0 Å². The molecule has 2 saturated heterocycles. The lowest BCUT2D eigenvalue weighted by atomic mass is 10.0. The maximum absolute atomic E-state index is 13.6. The third kappa shape index (κ3) is 7.77. The molecule has 0 unspecified atom stereocenters. The second-order valence-electron chi connectivity index (χ2n) is 11.6. The highest BCUT2D eigenvalue weighted by Crippen LogP contribution is 2.21. The molecule has 1 aromatic rings. The molecule has 0 aliphatic carbocycles. The fourth-order valence-corrected chi connectivity index (χ4v) is 5.70. The molecular formula is C30H43N5O6. The normalized spacial score (nSPS) is 27.0. The van der Waals surface area contributed by atoms with Gasteiger partial charge in [-0.3, -0.25) is 24.0 Å². The number of nitrogens with zero attached hydrogens (tertiary/aromatic N) is 2. The van der Waals surface area contributed by atoms with Crippen molar-refractivity contribution in [3.05, 3.63) is 29.8 Å². The first-order valence-corrected chi connectivity index (χ1v) is 14.8. The summed E-state index contributed by atoms with van der Waals surface area (Å²) >= 11 is 0. The van der Waals surface area contributed by atoms with E-state index in [1.807, 2.05) is 18.7 Å². The molecule has 2 bridgehead atoms. The monoisotopic (exact) mass is 569 g/mol. The molecule has 41 heavy (non-hydrogen) atoms. The van der Waals surface area contributed by atoms with E-state index in [1.54, 1.807) is 31.2 Å². The van der Waals surface area contributed by atoms with Crippen LogP contribution in [0.1, 0.15) is 64.9 Å². The smallest absolute Gasteiger partial charge is 0.258 e. The van der Waals surface area contributed by atoms with Gasteiger partial charge in [0.05, 0.1) is 0 Å². The molecule has 2 fully saturated rings. The van der Waals surface area contributed by atoms with Crippen LogP contribution in [-0.4, -0.2) is 89.7 Å². The zero-order valence-electron chi connectivity index (χ0n) is 24.3. The molecule has 4 atom stereocenters. The Morgan fingerprint density at radius 1 is 0.878 bits per heavy atom. The molecule has 1 aromatic carbocycles. The van der Waals surface area contributed by atoms with E-state index < -0.39 is 41.9 Å². The second kappa shape index (κ2) is 13.8. The number of amides is 5. The molecule has 0 saturated carbocycles. The number of ether oxygens (including phenoxy) is 1. The van der Waals surface area contributed by atoms with E-state index in [0.717, 1.165) is 31.2 Å². The van der Waals surface area contributed by atoms with Crippen molar-refractivity contribution in [2.24, 2.45) is 5.92 Å². The van der Waals surface area contributed by atoms with Crippen LogP contribution in [0.5, 0.6) is 5.75 Å². The van der Waals surface area contributed by atoms with Gasteiger partial charge in [0.2, 0.25) is 23.6 Å². The van der Waals surface area contributed by atoms with Crippen LogP contribution >= 0.6 is 0 Å². The number of rotatable bonds is 2. The Balaban J connectivity index is 1.60. The van der Waals surface area contributed by atoms with Crippen LogP contribution in [0.2, 0.25) is 0 Å². The SMILES string of the molecule is CC(C)[C@H]1NC(=O)COc2ccc(cc2)C[C@@H](C(=O)N2CCCCCC2)NC(=O)[C@H](C)NC(=O)[C@@H]2CCCN2C1=O. The number of likely N-dealkylation sites (tertiary alicyclic amines) is 1. The molecule has 4 heterocycles. The minimum absolute atomic E-state index is 0.144. The van der Waals surface area contributed by atoms with Gasteiger partial charge < -0.3 is 30.5 Å². The number of fused-ring (bicyclic) bond motifs is 13. The third-order valence-electron chi connectivity index (χ3n) is 8.11. The van der Waals surface area contributed by atoms with Gasteiger partial charge in [-0.25, -0.2) is 0 Å². The van der Waals surface area contributed by atoms with E-state index in [-0.39, 0.29) is 30.8 Å². The summed E-state index contributed by atoms with van der Waals surface area (Å²) in [4.78, 5) is 69.8. The van der Waals surface area contributed by atoms with Crippen molar-refractivity contribution < 1.29 is 28.7 Å². The average Bonchev–Trinajstić information content (AvgIpc) is 3.29. The molecule has 3 N–H and O–H groups in total. The van der Waals surface area contributed by atoms with Crippen LogP contribution in [0, 0.1) is 5.92 Å². The molecular weight excluding hydrogens is 526 g/mol. The first-order valence-electron chi connectivity index (χ1n) is 14.8. The standard InChI is InChI=1S/C30H43N5O6/c1-19(2)26-30(40)35-16-8-9-24(35)28(38)31-20(3)27(37)32-23(29(39)34-14-6-4-5-7-15-34)17-21-10-12-22(13-11-21)41-18-25(36)33-26/h10-13,19-20,23-24,26H,4-9,14-18H2,1-3H3,(H,31,38)(H,32,37)(H,33,36)/t20-,23-,24-,26+/m0/s1. The van der Waals surface area contributed by atoms with Gasteiger partial charge in [-0.15, -0.1) is 0 Å². The highest BCUT2D eigenvalue weighted by atomic mass is 16.5. The van der Waals surface area contributed by atoms with E-state index in [4.69, 9.17) is 4.74 Å². The Bertz CT molecular complexity index is 1110. The van der Waals surface area contributed by atoms with Crippen LogP contribution in [0.3, 0.4) is 0 Å². The highest BCUT2D eigenvalue weighted by molar-refractivity contribution is 5.96. The van der Waals surface area contributed by atoms with E-state index in [0.29, 0.717) is 38.2 Å². The first-order chi connectivity index (χ1) is 19.6. The zero-order chi connectivity index (χ0) is 29.5. The number of nitrogens with one attached hydrogen (secondary N) is 3. The molecule has 0 spiro atoms. The summed E-state index contributed by atoms with van der Waals surface area (Å²) in [6.07, 6.45) is 5.35. The fourth-order valence-electron chi connectivity index (χ4n) is 5.70. The third-order valence-corrected chi connectivity index (χ3v) is 8.11. The molecule has 0 aromatic heterocycles. The summed E-state index contributed by atoms with van der Waals surface area (Å²) in [5, 5.41) is 8.42. The van der Waals surface area contributed by atoms with Gasteiger partial charge in [0.1, 0.15) is 29.9 Å². The maximum Gasteiger partial charge on any atom is 0.258 e.